The second-order valence-electron chi connectivity index (χ2n) is 4.41. The Kier molecular flexibility index (Phi) is 4.98. The number of aromatic carboxylic acids is 1. The lowest BCUT2D eigenvalue weighted by molar-refractivity contribution is -0.120. The molecule has 1 amide bonds. The number of carboxylic acid groups (broad SMARTS) is 1. The maximum atomic E-state index is 11.8. The smallest absolute Gasteiger partial charge is 0.341 e. The minimum absolute atomic E-state index is 0.444. The van der Waals surface area contributed by atoms with Crippen molar-refractivity contribution in [1.29, 1.82) is 0 Å². The van der Waals surface area contributed by atoms with Crippen LogP contribution in [-0.4, -0.2) is 35.4 Å². The fraction of sp³-hybridized carbons (Fsp3) is 0.133. The van der Waals surface area contributed by atoms with Crippen LogP contribution in [0.4, 0.5) is 5.69 Å². The number of pyridine rings is 1. The minimum atomic E-state index is -1.37. The highest BCUT2D eigenvalue weighted by Gasteiger charge is 2.12. The molecule has 0 aliphatic heterocycles. The molecule has 0 aliphatic carbocycles. The van der Waals surface area contributed by atoms with Crippen LogP contribution in [0, 0.1) is 0 Å². The van der Waals surface area contributed by atoms with Crippen LogP contribution in [0.3, 0.4) is 0 Å². The zero-order valence-electron chi connectivity index (χ0n) is 12.2. The normalized spacial score (nSPS) is 9.96. The summed E-state index contributed by atoms with van der Waals surface area (Å²) in [5, 5.41) is 11.4. The van der Waals surface area contributed by atoms with Crippen molar-refractivity contribution >= 4 is 17.6 Å². The molecule has 0 fully saturated rings. The van der Waals surface area contributed by atoms with E-state index in [4.69, 9.17) is 14.7 Å². The number of nitrogens with one attached hydrogen (secondary N) is 1. The van der Waals surface area contributed by atoms with Crippen molar-refractivity contribution in [2.75, 3.05) is 19.0 Å². The Morgan fingerprint density at radius 1 is 1.26 bits per heavy atom. The number of aromatic nitrogens is 1. The maximum Gasteiger partial charge on any atom is 0.341 e. The molecule has 0 radical (unpaired) electrons. The topological polar surface area (TPSA) is 107 Å². The number of ether oxygens (including phenoxy) is 1. The minimum Gasteiger partial charge on any atom is -0.497 e. The number of carboxylic acids is 1. The lowest BCUT2D eigenvalue weighted by Crippen LogP contribution is -2.34. The molecule has 0 saturated heterocycles. The zero-order chi connectivity index (χ0) is 16.8. The fourth-order valence-electron chi connectivity index (χ4n) is 1.77. The summed E-state index contributed by atoms with van der Waals surface area (Å²) in [6.45, 7) is -0.458. The number of carbonyl (C=O) groups excluding carboxylic acids is 1. The van der Waals surface area contributed by atoms with E-state index in [0.29, 0.717) is 16.2 Å². The van der Waals surface area contributed by atoms with Crippen molar-refractivity contribution in [3.8, 4) is 5.75 Å². The molecule has 2 rings (SSSR count). The monoisotopic (exact) mass is 318 g/mol. The van der Waals surface area contributed by atoms with E-state index in [1.807, 2.05) is 0 Å². The molecular weight excluding hydrogens is 304 g/mol. The number of carbonyl (C=O) groups is 2. The van der Waals surface area contributed by atoms with Gasteiger partial charge in [0.15, 0.2) is 6.61 Å². The molecule has 2 N–H and O–H groups in total. The number of hydrogen-bond acceptors (Lipinski definition) is 5. The first kappa shape index (κ1) is 16.1. The highest BCUT2D eigenvalue weighted by atomic mass is 16.7. The summed E-state index contributed by atoms with van der Waals surface area (Å²) < 4.78 is 5.74. The third-order valence-electron chi connectivity index (χ3n) is 2.83. The number of benzene rings is 1. The van der Waals surface area contributed by atoms with Crippen LogP contribution in [0.5, 0.6) is 5.75 Å². The first-order valence-corrected chi connectivity index (χ1v) is 6.53. The van der Waals surface area contributed by atoms with E-state index in [-0.39, 0.29) is 0 Å². The van der Waals surface area contributed by atoms with Gasteiger partial charge in [0.2, 0.25) is 0 Å². The van der Waals surface area contributed by atoms with Crippen molar-refractivity contribution in [3.63, 3.8) is 0 Å². The molecule has 0 saturated carbocycles. The molecule has 0 aliphatic rings. The van der Waals surface area contributed by atoms with Crippen LogP contribution < -0.4 is 20.5 Å². The van der Waals surface area contributed by atoms with E-state index in [2.05, 4.69) is 5.32 Å². The van der Waals surface area contributed by atoms with E-state index >= 15 is 0 Å². The fourth-order valence-corrected chi connectivity index (χ4v) is 1.77. The SMILES string of the molecule is COc1cccc(NC(=O)COn2cccc(C(=O)O)c2=O)c1. The summed E-state index contributed by atoms with van der Waals surface area (Å²) in [5.74, 6) is -1.30. The van der Waals surface area contributed by atoms with Gasteiger partial charge in [-0.1, -0.05) is 6.07 Å². The first-order valence-electron chi connectivity index (χ1n) is 6.53. The van der Waals surface area contributed by atoms with Crippen molar-refractivity contribution in [2.45, 2.75) is 0 Å². The number of rotatable bonds is 6. The van der Waals surface area contributed by atoms with Gasteiger partial charge in [0.25, 0.3) is 11.5 Å². The largest absolute Gasteiger partial charge is 0.497 e. The molecule has 1 heterocycles. The number of anilines is 1. The molecule has 0 bridgehead atoms. The van der Waals surface area contributed by atoms with Crippen molar-refractivity contribution in [3.05, 3.63) is 58.5 Å². The van der Waals surface area contributed by atoms with Crippen LogP contribution in [0.2, 0.25) is 0 Å². The lowest BCUT2D eigenvalue weighted by Gasteiger charge is -2.10. The molecule has 1 aromatic carbocycles. The number of nitrogens with zero attached hydrogens (tertiary/aromatic N) is 1. The third kappa shape index (κ3) is 4.10. The summed E-state index contributed by atoms with van der Waals surface area (Å²) in [4.78, 5) is 39.4. The standard InChI is InChI=1S/C15H14N2O6/c1-22-11-5-2-4-10(8-11)16-13(18)9-23-17-7-3-6-12(14(17)19)15(20)21/h2-8H,9H2,1H3,(H,16,18)(H,20,21). The summed E-state index contributed by atoms with van der Waals surface area (Å²) >= 11 is 0. The van der Waals surface area contributed by atoms with Crippen molar-refractivity contribution in [2.24, 2.45) is 0 Å². The molecule has 8 nitrogen and oxygen atoms in total. The molecule has 23 heavy (non-hydrogen) atoms. The van der Waals surface area contributed by atoms with Gasteiger partial charge in [-0.25, -0.2) is 4.79 Å². The van der Waals surface area contributed by atoms with Gasteiger partial charge in [-0.3, -0.25) is 9.59 Å². The van der Waals surface area contributed by atoms with Crippen LogP contribution in [0.15, 0.2) is 47.4 Å². The number of hydrogen-bond donors (Lipinski definition) is 2. The Hall–Kier alpha value is -3.29. The average molecular weight is 318 g/mol. The summed E-state index contributed by atoms with van der Waals surface area (Å²) in [6, 6.07) is 9.21. The molecule has 0 spiro atoms. The zero-order valence-corrected chi connectivity index (χ0v) is 12.2. The van der Waals surface area contributed by atoms with Crippen LogP contribution in [0.25, 0.3) is 0 Å². The number of methoxy groups -OCH3 is 1. The maximum absolute atomic E-state index is 11.8. The molecule has 120 valence electrons. The molecule has 2 aromatic rings. The highest BCUT2D eigenvalue weighted by molar-refractivity contribution is 5.91. The van der Waals surface area contributed by atoms with E-state index in [0.717, 1.165) is 6.07 Å². The van der Waals surface area contributed by atoms with E-state index in [1.54, 1.807) is 24.3 Å². The predicted molar refractivity (Wildman–Crippen MR) is 80.7 cm³/mol. The van der Waals surface area contributed by atoms with Crippen LogP contribution >= 0.6 is 0 Å². The Balaban J connectivity index is 2.01. The quantitative estimate of drug-likeness (QED) is 0.808. The van der Waals surface area contributed by atoms with Gasteiger partial charge in [0.05, 0.1) is 7.11 Å². The Labute approximate surface area is 130 Å². The van der Waals surface area contributed by atoms with E-state index in [9.17, 15) is 14.4 Å². The van der Waals surface area contributed by atoms with Crippen LogP contribution in [-0.2, 0) is 4.79 Å². The van der Waals surface area contributed by atoms with Gasteiger partial charge in [-0.2, -0.15) is 4.73 Å². The lowest BCUT2D eigenvalue weighted by atomic mass is 10.3. The molecular formula is C15H14N2O6. The third-order valence-corrected chi connectivity index (χ3v) is 2.83. The van der Waals surface area contributed by atoms with E-state index in [1.165, 1.54) is 19.4 Å². The predicted octanol–water partition coefficient (Wildman–Crippen LogP) is 0.622. The summed E-state index contributed by atoms with van der Waals surface area (Å²) in [5.41, 5.74) is -0.792. The van der Waals surface area contributed by atoms with Gasteiger partial charge >= 0.3 is 5.97 Å². The Morgan fingerprint density at radius 3 is 2.74 bits per heavy atom. The molecule has 1 aromatic heterocycles. The highest BCUT2D eigenvalue weighted by Crippen LogP contribution is 2.16. The summed E-state index contributed by atoms with van der Waals surface area (Å²) in [6.07, 6.45) is 1.23. The second kappa shape index (κ2) is 7.12. The van der Waals surface area contributed by atoms with Crippen molar-refractivity contribution in [1.82, 2.24) is 4.73 Å². The first-order chi connectivity index (χ1) is 11.0. The Morgan fingerprint density at radius 2 is 2.04 bits per heavy atom. The van der Waals surface area contributed by atoms with Crippen molar-refractivity contribution < 1.29 is 24.3 Å². The van der Waals surface area contributed by atoms with Gasteiger partial charge < -0.3 is 20.0 Å². The second-order valence-corrected chi connectivity index (χ2v) is 4.41. The summed E-state index contributed by atoms with van der Waals surface area (Å²) in [7, 11) is 1.51. The van der Waals surface area contributed by atoms with E-state index < -0.39 is 29.6 Å². The van der Waals surface area contributed by atoms with Gasteiger partial charge in [-0.05, 0) is 24.3 Å². The Bertz CT molecular complexity index is 784. The van der Waals surface area contributed by atoms with Gasteiger partial charge in [0, 0.05) is 18.0 Å². The molecule has 0 atom stereocenters. The average Bonchev–Trinajstić information content (AvgIpc) is 2.53. The van der Waals surface area contributed by atoms with Gasteiger partial charge in [-0.15, -0.1) is 0 Å². The van der Waals surface area contributed by atoms with Gasteiger partial charge in [0.1, 0.15) is 11.3 Å². The molecule has 8 heteroatoms. The molecule has 0 unspecified atom stereocenters. The van der Waals surface area contributed by atoms with Crippen LogP contribution in [0.1, 0.15) is 10.4 Å². The number of amides is 1.